The molecule has 0 atom stereocenters. The van der Waals surface area contributed by atoms with E-state index in [4.69, 9.17) is 22.4 Å². The maximum Gasteiger partial charge on any atom is 0.241 e. The molecule has 0 amide bonds. The Bertz CT molecular complexity index is 540. The molecular formula is C10H13ClN2O3S. The molecule has 1 aromatic rings. The van der Waals surface area contributed by atoms with Crippen LogP contribution in [-0.4, -0.2) is 25.7 Å². The highest BCUT2D eigenvalue weighted by Crippen LogP contribution is 2.36. The Morgan fingerprint density at radius 2 is 2.12 bits per heavy atom. The van der Waals surface area contributed by atoms with Gasteiger partial charge < -0.3 is 10.8 Å². The molecule has 0 aromatic heterocycles. The number of nitrogens with one attached hydrogen (secondary N) is 1. The van der Waals surface area contributed by atoms with Crippen LogP contribution in [-0.2, 0) is 10.0 Å². The van der Waals surface area contributed by atoms with E-state index in [0.717, 1.165) is 0 Å². The lowest BCUT2D eigenvalue weighted by molar-refractivity contribution is 0.246. The van der Waals surface area contributed by atoms with E-state index < -0.39 is 15.6 Å². The first-order valence-corrected chi connectivity index (χ1v) is 6.95. The van der Waals surface area contributed by atoms with Crippen LogP contribution in [0.4, 0.5) is 5.69 Å². The average Bonchev–Trinajstić information content (AvgIpc) is 3.02. The molecule has 2 rings (SSSR count). The normalized spacial score (nSPS) is 18.0. The van der Waals surface area contributed by atoms with E-state index >= 15 is 0 Å². The van der Waals surface area contributed by atoms with Crippen molar-refractivity contribution in [2.45, 2.75) is 23.3 Å². The third kappa shape index (κ3) is 2.55. The van der Waals surface area contributed by atoms with Gasteiger partial charge in [-0.1, -0.05) is 11.6 Å². The molecule has 1 aliphatic rings. The second-order valence-corrected chi connectivity index (χ2v) is 6.32. The van der Waals surface area contributed by atoms with Crippen molar-refractivity contribution in [2.75, 3.05) is 12.3 Å². The summed E-state index contributed by atoms with van der Waals surface area (Å²) in [6.07, 6.45) is 1.29. The number of nitrogen functional groups attached to an aromatic ring is 1. The second kappa shape index (κ2) is 4.13. The number of sulfonamides is 1. The second-order valence-electron chi connectivity index (χ2n) is 4.23. The molecule has 0 radical (unpaired) electrons. The smallest absolute Gasteiger partial charge is 0.241 e. The lowest BCUT2D eigenvalue weighted by atomic mass is 10.3. The maximum atomic E-state index is 12.0. The zero-order chi connectivity index (χ0) is 12.7. The summed E-state index contributed by atoms with van der Waals surface area (Å²) in [6, 6.07) is 4.12. The monoisotopic (exact) mass is 276 g/mol. The first-order valence-electron chi connectivity index (χ1n) is 5.08. The number of nitrogens with two attached hydrogens (primary N) is 1. The molecule has 4 N–H and O–H groups in total. The standard InChI is InChI=1S/C10H13ClN2O3S/c11-8-2-1-7(5-9(8)12)17(15,16)13-10(6-14)3-4-10/h1-2,5,13-14H,3-4,6,12H2. The first-order chi connectivity index (χ1) is 7.88. The van der Waals surface area contributed by atoms with E-state index in [2.05, 4.69) is 4.72 Å². The van der Waals surface area contributed by atoms with Gasteiger partial charge >= 0.3 is 0 Å². The number of aliphatic hydroxyl groups excluding tert-OH is 1. The van der Waals surface area contributed by atoms with Gasteiger partial charge in [0.2, 0.25) is 10.0 Å². The van der Waals surface area contributed by atoms with Crippen LogP contribution in [0.5, 0.6) is 0 Å². The van der Waals surface area contributed by atoms with Crippen molar-refractivity contribution in [3.05, 3.63) is 23.2 Å². The Balaban J connectivity index is 2.29. The van der Waals surface area contributed by atoms with Gasteiger partial charge in [0.1, 0.15) is 0 Å². The van der Waals surface area contributed by atoms with Crippen molar-refractivity contribution in [1.82, 2.24) is 4.72 Å². The molecule has 17 heavy (non-hydrogen) atoms. The van der Waals surface area contributed by atoms with Crippen LogP contribution in [0, 0.1) is 0 Å². The van der Waals surface area contributed by atoms with Crippen molar-refractivity contribution in [3.8, 4) is 0 Å². The van der Waals surface area contributed by atoms with E-state index in [-0.39, 0.29) is 17.2 Å². The third-order valence-electron chi connectivity index (χ3n) is 2.78. The van der Waals surface area contributed by atoms with Gasteiger partial charge in [0, 0.05) is 0 Å². The number of hydrogen-bond donors (Lipinski definition) is 3. The Hall–Kier alpha value is -0.820. The molecular weight excluding hydrogens is 264 g/mol. The fourth-order valence-corrected chi connectivity index (χ4v) is 3.08. The van der Waals surface area contributed by atoms with Crippen molar-refractivity contribution in [2.24, 2.45) is 0 Å². The highest BCUT2D eigenvalue weighted by Gasteiger charge is 2.45. The molecule has 0 saturated heterocycles. The van der Waals surface area contributed by atoms with E-state index in [1.54, 1.807) is 0 Å². The summed E-state index contributed by atoms with van der Waals surface area (Å²) in [6.45, 7) is -0.199. The lowest BCUT2D eigenvalue weighted by Crippen LogP contribution is -2.39. The number of halogens is 1. The van der Waals surface area contributed by atoms with Crippen molar-refractivity contribution in [1.29, 1.82) is 0 Å². The zero-order valence-electron chi connectivity index (χ0n) is 8.98. The molecule has 1 aliphatic carbocycles. The van der Waals surface area contributed by atoms with Gasteiger partial charge in [-0.2, -0.15) is 0 Å². The lowest BCUT2D eigenvalue weighted by Gasteiger charge is -2.14. The van der Waals surface area contributed by atoms with Crippen LogP contribution in [0.3, 0.4) is 0 Å². The zero-order valence-corrected chi connectivity index (χ0v) is 10.6. The predicted octanol–water partition coefficient (Wildman–Crippen LogP) is 0.725. The Kier molecular flexibility index (Phi) is 3.07. The summed E-state index contributed by atoms with van der Waals surface area (Å²) in [7, 11) is -3.66. The van der Waals surface area contributed by atoms with E-state index in [1.165, 1.54) is 18.2 Å². The fourth-order valence-electron chi connectivity index (χ4n) is 1.48. The highest BCUT2D eigenvalue weighted by atomic mass is 35.5. The summed E-state index contributed by atoms with van der Waals surface area (Å²) in [4.78, 5) is 0.0547. The minimum Gasteiger partial charge on any atom is -0.397 e. The van der Waals surface area contributed by atoms with Gasteiger partial charge in [-0.3, -0.25) is 0 Å². The molecule has 0 aliphatic heterocycles. The van der Waals surface area contributed by atoms with Crippen LogP contribution in [0.1, 0.15) is 12.8 Å². The minimum atomic E-state index is -3.66. The molecule has 0 heterocycles. The fraction of sp³-hybridized carbons (Fsp3) is 0.400. The summed E-state index contributed by atoms with van der Waals surface area (Å²) in [5, 5.41) is 9.40. The Labute approximate surface area is 105 Å². The van der Waals surface area contributed by atoms with Crippen LogP contribution in [0.2, 0.25) is 5.02 Å². The van der Waals surface area contributed by atoms with Gasteiger partial charge in [0.05, 0.1) is 27.8 Å². The van der Waals surface area contributed by atoms with E-state index in [0.29, 0.717) is 17.9 Å². The molecule has 94 valence electrons. The largest absolute Gasteiger partial charge is 0.397 e. The maximum absolute atomic E-state index is 12.0. The van der Waals surface area contributed by atoms with Gasteiger partial charge in [0.15, 0.2) is 0 Å². The van der Waals surface area contributed by atoms with Gasteiger partial charge in [-0.25, -0.2) is 13.1 Å². The Morgan fingerprint density at radius 1 is 1.47 bits per heavy atom. The summed E-state index contributed by atoms with van der Waals surface area (Å²) >= 11 is 5.72. The van der Waals surface area contributed by atoms with Gasteiger partial charge in [-0.15, -0.1) is 0 Å². The van der Waals surface area contributed by atoms with Crippen LogP contribution < -0.4 is 10.5 Å². The van der Waals surface area contributed by atoms with Gasteiger partial charge in [-0.05, 0) is 31.0 Å². The van der Waals surface area contributed by atoms with Crippen molar-refractivity contribution >= 4 is 27.3 Å². The quantitative estimate of drug-likeness (QED) is 0.707. The molecule has 0 spiro atoms. The minimum absolute atomic E-state index is 0.0547. The molecule has 1 fully saturated rings. The van der Waals surface area contributed by atoms with E-state index in [1.807, 2.05) is 0 Å². The number of aliphatic hydroxyl groups is 1. The van der Waals surface area contributed by atoms with Crippen molar-refractivity contribution in [3.63, 3.8) is 0 Å². The number of benzene rings is 1. The number of anilines is 1. The predicted molar refractivity (Wildman–Crippen MR) is 65.2 cm³/mol. The van der Waals surface area contributed by atoms with Crippen LogP contribution >= 0.6 is 11.6 Å². The molecule has 1 saturated carbocycles. The SMILES string of the molecule is Nc1cc(S(=O)(=O)NC2(CO)CC2)ccc1Cl. The summed E-state index contributed by atoms with van der Waals surface area (Å²) in [5.74, 6) is 0. The van der Waals surface area contributed by atoms with Crippen molar-refractivity contribution < 1.29 is 13.5 Å². The third-order valence-corrected chi connectivity index (χ3v) is 4.71. The van der Waals surface area contributed by atoms with Crippen LogP contribution in [0.15, 0.2) is 23.1 Å². The Morgan fingerprint density at radius 3 is 2.59 bits per heavy atom. The summed E-state index contributed by atoms with van der Waals surface area (Å²) in [5.41, 5.74) is 5.08. The molecule has 0 unspecified atom stereocenters. The van der Waals surface area contributed by atoms with Crippen LogP contribution in [0.25, 0.3) is 0 Å². The molecule has 0 bridgehead atoms. The molecule has 7 heteroatoms. The topological polar surface area (TPSA) is 92.4 Å². The molecule has 5 nitrogen and oxygen atoms in total. The first kappa shape index (κ1) is 12.6. The average molecular weight is 277 g/mol. The van der Waals surface area contributed by atoms with E-state index in [9.17, 15) is 8.42 Å². The summed E-state index contributed by atoms with van der Waals surface area (Å²) < 4.78 is 26.5. The molecule has 1 aromatic carbocycles. The highest BCUT2D eigenvalue weighted by molar-refractivity contribution is 7.89. The van der Waals surface area contributed by atoms with Gasteiger partial charge in [0.25, 0.3) is 0 Å². The number of rotatable bonds is 4. The number of hydrogen-bond acceptors (Lipinski definition) is 4.